The number of hydrogen-bond donors (Lipinski definition) is 0. The van der Waals surface area contributed by atoms with Crippen LogP contribution in [-0.4, -0.2) is 22.6 Å². The summed E-state index contributed by atoms with van der Waals surface area (Å²) in [7, 11) is 1.40. The van der Waals surface area contributed by atoms with Crippen molar-refractivity contribution in [3.63, 3.8) is 0 Å². The Hall–Kier alpha value is -3.66. The Morgan fingerprint density at radius 1 is 0.833 bits per heavy atom. The molecule has 3 aromatic carbocycles. The third-order valence-corrected chi connectivity index (χ3v) is 5.56. The predicted octanol–water partition coefficient (Wildman–Crippen LogP) is 5.00. The molecule has 1 atom stereocenters. The van der Waals surface area contributed by atoms with E-state index in [1.54, 1.807) is 0 Å². The maximum Gasteiger partial charge on any atom is 0.314 e. The first kappa shape index (κ1) is 19.6. The highest BCUT2D eigenvalue weighted by atomic mass is 16.5. The lowest BCUT2D eigenvalue weighted by atomic mass is 9.76. The second-order valence-corrected chi connectivity index (χ2v) is 7.26. The molecule has 1 unspecified atom stereocenters. The van der Waals surface area contributed by atoms with Crippen LogP contribution in [0.5, 0.6) is 0 Å². The predicted molar refractivity (Wildman–Crippen MR) is 117 cm³/mol. The summed E-state index contributed by atoms with van der Waals surface area (Å²) in [5.74, 6) is -0.749. The number of ether oxygens (including phenoxy) is 1. The summed E-state index contributed by atoms with van der Waals surface area (Å²) in [6.07, 6.45) is 3.76. The first-order chi connectivity index (χ1) is 14.7. The van der Waals surface area contributed by atoms with E-state index in [2.05, 4.69) is 45.9 Å². The highest BCUT2D eigenvalue weighted by molar-refractivity contribution is 5.76. The molecule has 4 nitrogen and oxygen atoms in total. The molecule has 0 radical (unpaired) electrons. The van der Waals surface area contributed by atoms with Gasteiger partial charge in [-0.15, -0.1) is 0 Å². The molecule has 0 spiro atoms. The molecule has 4 heteroatoms. The minimum atomic E-state index is -0.634. The van der Waals surface area contributed by atoms with Crippen molar-refractivity contribution in [2.24, 2.45) is 0 Å². The van der Waals surface area contributed by atoms with Crippen molar-refractivity contribution in [1.82, 2.24) is 9.55 Å². The zero-order chi connectivity index (χ0) is 21.0. The van der Waals surface area contributed by atoms with E-state index in [1.165, 1.54) is 7.11 Å². The van der Waals surface area contributed by atoms with Crippen molar-refractivity contribution in [3.05, 3.63) is 126 Å². The van der Waals surface area contributed by atoms with Gasteiger partial charge < -0.3 is 9.30 Å². The van der Waals surface area contributed by atoms with Gasteiger partial charge in [0.25, 0.3) is 0 Å². The zero-order valence-electron chi connectivity index (χ0n) is 17.1. The first-order valence-electron chi connectivity index (χ1n) is 9.96. The van der Waals surface area contributed by atoms with Crippen LogP contribution >= 0.6 is 0 Å². The van der Waals surface area contributed by atoms with Gasteiger partial charge in [0, 0.05) is 6.20 Å². The fourth-order valence-corrected chi connectivity index (χ4v) is 4.03. The van der Waals surface area contributed by atoms with Crippen molar-refractivity contribution in [3.8, 4) is 0 Å². The monoisotopic (exact) mass is 396 g/mol. The number of carbonyl (C=O) groups excluding carboxylic acids is 1. The number of hydrogen-bond acceptors (Lipinski definition) is 3. The third-order valence-electron chi connectivity index (χ3n) is 5.56. The van der Waals surface area contributed by atoms with Gasteiger partial charge in [0.15, 0.2) is 0 Å². The smallest absolute Gasteiger partial charge is 0.314 e. The Bertz CT molecular complexity index is 1010. The highest BCUT2D eigenvalue weighted by Gasteiger charge is 2.38. The van der Waals surface area contributed by atoms with Crippen molar-refractivity contribution < 1.29 is 9.53 Å². The van der Waals surface area contributed by atoms with E-state index in [-0.39, 0.29) is 5.97 Å². The van der Waals surface area contributed by atoms with Crippen LogP contribution in [0.15, 0.2) is 104 Å². The number of imidazole rings is 1. The van der Waals surface area contributed by atoms with Gasteiger partial charge in [0.05, 0.1) is 25.0 Å². The van der Waals surface area contributed by atoms with E-state index in [0.29, 0.717) is 5.69 Å². The third kappa shape index (κ3) is 3.30. The molecular formula is C26H24N2O2. The molecular weight excluding hydrogens is 372 g/mol. The molecule has 0 aliphatic heterocycles. The quantitative estimate of drug-likeness (QED) is 0.340. The van der Waals surface area contributed by atoms with E-state index in [1.807, 2.05) is 74.0 Å². The molecule has 0 bridgehead atoms. The number of methoxy groups -OCH3 is 1. The second-order valence-electron chi connectivity index (χ2n) is 7.26. The molecule has 1 heterocycles. The summed E-state index contributed by atoms with van der Waals surface area (Å²) >= 11 is 0. The van der Waals surface area contributed by atoms with Crippen LogP contribution in [0.1, 0.15) is 35.2 Å². The van der Waals surface area contributed by atoms with Crippen molar-refractivity contribution in [2.45, 2.75) is 18.4 Å². The maximum absolute atomic E-state index is 12.1. The molecule has 30 heavy (non-hydrogen) atoms. The van der Waals surface area contributed by atoms with E-state index >= 15 is 0 Å². The normalized spacial score (nSPS) is 12.3. The SMILES string of the molecule is COC(=O)C(C)c1cn(C(c2ccccc2)(c2ccccc2)c2ccccc2)cn1. The Morgan fingerprint density at radius 2 is 1.27 bits per heavy atom. The first-order valence-corrected chi connectivity index (χ1v) is 9.96. The maximum atomic E-state index is 12.1. The highest BCUT2D eigenvalue weighted by Crippen LogP contribution is 2.41. The largest absolute Gasteiger partial charge is 0.469 e. The van der Waals surface area contributed by atoms with E-state index in [4.69, 9.17) is 4.74 Å². The van der Waals surface area contributed by atoms with Crippen LogP contribution in [0.25, 0.3) is 0 Å². The molecule has 0 N–H and O–H groups in total. The van der Waals surface area contributed by atoms with Gasteiger partial charge in [-0.25, -0.2) is 4.98 Å². The summed E-state index contributed by atoms with van der Waals surface area (Å²) in [6.45, 7) is 1.81. The summed E-state index contributed by atoms with van der Waals surface area (Å²) in [5, 5.41) is 0. The standard InChI is InChI=1S/C26H24N2O2/c1-20(25(29)30-2)24-18-28(19-27-24)26(21-12-6-3-7-13-21,22-14-8-4-9-15-22)23-16-10-5-11-17-23/h3-20H,1-2H3. The molecule has 150 valence electrons. The number of esters is 1. The van der Waals surface area contributed by atoms with Crippen molar-refractivity contribution >= 4 is 5.97 Å². The molecule has 4 rings (SSSR count). The van der Waals surface area contributed by atoms with Gasteiger partial charge in [-0.2, -0.15) is 0 Å². The lowest BCUT2D eigenvalue weighted by Gasteiger charge is -2.37. The Labute approximate surface area is 176 Å². The lowest BCUT2D eigenvalue weighted by molar-refractivity contribution is -0.142. The Kier molecular flexibility index (Phi) is 5.48. The van der Waals surface area contributed by atoms with Crippen LogP contribution < -0.4 is 0 Å². The van der Waals surface area contributed by atoms with Crippen molar-refractivity contribution in [2.75, 3.05) is 7.11 Å². The minimum Gasteiger partial charge on any atom is -0.469 e. The Morgan fingerprint density at radius 3 is 1.67 bits per heavy atom. The molecule has 4 aromatic rings. The topological polar surface area (TPSA) is 44.1 Å². The van der Waals surface area contributed by atoms with Crippen LogP contribution in [0, 0.1) is 0 Å². The van der Waals surface area contributed by atoms with E-state index < -0.39 is 11.5 Å². The van der Waals surface area contributed by atoms with Gasteiger partial charge in [0.2, 0.25) is 0 Å². The molecule has 0 saturated heterocycles. The van der Waals surface area contributed by atoms with Gasteiger partial charge in [-0.05, 0) is 23.6 Å². The van der Waals surface area contributed by atoms with Crippen LogP contribution in [0.3, 0.4) is 0 Å². The molecule has 0 aliphatic rings. The van der Waals surface area contributed by atoms with Crippen molar-refractivity contribution in [1.29, 1.82) is 0 Å². The fourth-order valence-electron chi connectivity index (χ4n) is 4.03. The number of aromatic nitrogens is 2. The molecule has 0 fully saturated rings. The van der Waals surface area contributed by atoms with Gasteiger partial charge in [-0.1, -0.05) is 91.0 Å². The van der Waals surface area contributed by atoms with Crippen LogP contribution in [0.4, 0.5) is 0 Å². The second kappa shape index (κ2) is 8.37. The summed E-state index contributed by atoms with van der Waals surface area (Å²) in [6, 6.07) is 31.1. The number of rotatable bonds is 6. The minimum absolute atomic E-state index is 0.301. The molecule has 0 saturated carbocycles. The van der Waals surface area contributed by atoms with Crippen LogP contribution in [-0.2, 0) is 15.1 Å². The van der Waals surface area contributed by atoms with Gasteiger partial charge in [-0.3, -0.25) is 4.79 Å². The zero-order valence-corrected chi connectivity index (χ0v) is 17.1. The summed E-state index contributed by atoms with van der Waals surface area (Å²) in [4.78, 5) is 16.7. The van der Waals surface area contributed by atoms with E-state index in [9.17, 15) is 4.79 Å². The average molecular weight is 396 g/mol. The Balaban J connectivity index is 2.02. The lowest BCUT2D eigenvalue weighted by Crippen LogP contribution is -2.37. The average Bonchev–Trinajstić information content (AvgIpc) is 3.31. The number of benzene rings is 3. The number of carbonyl (C=O) groups is 1. The number of nitrogens with zero attached hydrogens (tertiary/aromatic N) is 2. The van der Waals surface area contributed by atoms with Gasteiger partial charge in [0.1, 0.15) is 5.54 Å². The fraction of sp³-hybridized carbons (Fsp3) is 0.154. The van der Waals surface area contributed by atoms with Gasteiger partial charge >= 0.3 is 5.97 Å². The molecule has 1 aromatic heterocycles. The summed E-state index contributed by atoms with van der Waals surface area (Å²) in [5.41, 5.74) is 3.37. The van der Waals surface area contributed by atoms with E-state index in [0.717, 1.165) is 16.7 Å². The molecule has 0 aliphatic carbocycles. The molecule has 0 amide bonds. The van der Waals surface area contributed by atoms with Crippen LogP contribution in [0.2, 0.25) is 0 Å². The summed E-state index contributed by atoms with van der Waals surface area (Å²) < 4.78 is 7.03.